The number of methoxy groups -OCH3 is 1. The average Bonchev–Trinajstić information content (AvgIpc) is 2.30. The van der Waals surface area contributed by atoms with Gasteiger partial charge in [-0.3, -0.25) is 0 Å². The third-order valence-electron chi connectivity index (χ3n) is 3.68. The molecule has 0 fully saturated rings. The molecule has 0 aromatic heterocycles. The maximum absolute atomic E-state index is 5.53. The van der Waals surface area contributed by atoms with Gasteiger partial charge in [-0.25, -0.2) is 0 Å². The smallest absolute Gasteiger partial charge is 0.0734 e. The first-order valence-corrected chi connectivity index (χ1v) is 7.24. The lowest BCUT2D eigenvalue weighted by atomic mass is 9.92. The fourth-order valence-electron chi connectivity index (χ4n) is 2.53. The van der Waals surface area contributed by atoms with Crippen LogP contribution in [0.15, 0.2) is 11.6 Å². The second-order valence-electron chi connectivity index (χ2n) is 5.10. The lowest BCUT2D eigenvalue weighted by Crippen LogP contribution is -2.41. The molecule has 1 rings (SSSR count). The first-order chi connectivity index (χ1) is 8.29. The van der Waals surface area contributed by atoms with Gasteiger partial charge in [-0.05, 0) is 45.6 Å². The van der Waals surface area contributed by atoms with Crippen LogP contribution in [0.3, 0.4) is 0 Å². The summed E-state index contributed by atoms with van der Waals surface area (Å²) < 4.78 is 5.53. The van der Waals surface area contributed by atoms with Crippen LogP contribution in [0.2, 0.25) is 0 Å². The molecule has 0 heterocycles. The van der Waals surface area contributed by atoms with Crippen LogP contribution >= 0.6 is 0 Å². The highest BCUT2D eigenvalue weighted by Crippen LogP contribution is 2.22. The van der Waals surface area contributed by atoms with Crippen molar-refractivity contribution in [3.63, 3.8) is 0 Å². The topological polar surface area (TPSA) is 21.3 Å². The maximum Gasteiger partial charge on any atom is 0.0734 e. The Bertz CT molecular complexity index is 225. The number of hydrogen-bond donors (Lipinski definition) is 1. The zero-order valence-electron chi connectivity index (χ0n) is 11.8. The van der Waals surface area contributed by atoms with Crippen LogP contribution in [-0.4, -0.2) is 25.8 Å². The van der Waals surface area contributed by atoms with Gasteiger partial charge in [-0.15, -0.1) is 0 Å². The highest BCUT2D eigenvalue weighted by molar-refractivity contribution is 5.13. The molecule has 2 heteroatoms. The molecule has 0 aliphatic heterocycles. The molecule has 100 valence electrons. The first kappa shape index (κ1) is 14.7. The van der Waals surface area contributed by atoms with Gasteiger partial charge in [-0.2, -0.15) is 0 Å². The van der Waals surface area contributed by atoms with Gasteiger partial charge in [0.1, 0.15) is 0 Å². The highest BCUT2D eigenvalue weighted by atomic mass is 16.5. The van der Waals surface area contributed by atoms with E-state index < -0.39 is 0 Å². The Morgan fingerprint density at radius 3 is 2.76 bits per heavy atom. The quantitative estimate of drug-likeness (QED) is 0.714. The minimum atomic E-state index is 0.271. The van der Waals surface area contributed by atoms with E-state index in [2.05, 4.69) is 25.2 Å². The molecule has 2 unspecified atom stereocenters. The molecular weight excluding hydrogens is 210 g/mol. The number of allylic oxidation sites excluding steroid dienone is 1. The van der Waals surface area contributed by atoms with Crippen LogP contribution < -0.4 is 5.32 Å². The Morgan fingerprint density at radius 2 is 2.06 bits per heavy atom. The van der Waals surface area contributed by atoms with Crippen molar-refractivity contribution < 1.29 is 4.74 Å². The van der Waals surface area contributed by atoms with Crippen LogP contribution in [0.4, 0.5) is 0 Å². The van der Waals surface area contributed by atoms with Gasteiger partial charge in [0.2, 0.25) is 0 Å². The van der Waals surface area contributed by atoms with E-state index in [0.717, 1.165) is 6.54 Å². The van der Waals surface area contributed by atoms with E-state index in [0.29, 0.717) is 6.04 Å². The molecule has 0 saturated carbocycles. The predicted molar refractivity (Wildman–Crippen MR) is 74.3 cm³/mol. The maximum atomic E-state index is 5.53. The van der Waals surface area contributed by atoms with Crippen LogP contribution in [0.5, 0.6) is 0 Å². The van der Waals surface area contributed by atoms with Gasteiger partial charge in [0.25, 0.3) is 0 Å². The van der Waals surface area contributed by atoms with Crippen LogP contribution in [0.1, 0.15) is 58.8 Å². The summed E-state index contributed by atoms with van der Waals surface area (Å²) in [6.45, 7) is 5.47. The SMILES string of the molecule is CCCNC(C1=CCCCCCC1)C(C)OC. The summed E-state index contributed by atoms with van der Waals surface area (Å²) in [5.41, 5.74) is 1.58. The molecule has 1 aliphatic rings. The van der Waals surface area contributed by atoms with Crippen molar-refractivity contribution in [1.82, 2.24) is 5.32 Å². The van der Waals surface area contributed by atoms with Gasteiger partial charge in [-0.1, -0.05) is 31.4 Å². The molecule has 0 saturated heterocycles. The standard InChI is InChI=1S/C15H29NO/c1-4-12-16-15(13(2)17-3)14-10-8-6-5-7-9-11-14/h10,13,15-16H,4-9,11-12H2,1-3H3. The van der Waals surface area contributed by atoms with E-state index in [-0.39, 0.29) is 6.10 Å². The fourth-order valence-corrected chi connectivity index (χ4v) is 2.53. The fraction of sp³-hybridized carbons (Fsp3) is 0.867. The Kier molecular flexibility index (Phi) is 7.54. The van der Waals surface area contributed by atoms with Crippen molar-refractivity contribution in [3.05, 3.63) is 11.6 Å². The highest BCUT2D eigenvalue weighted by Gasteiger charge is 2.20. The predicted octanol–water partition coefficient (Wildman–Crippen LogP) is 3.67. The molecule has 0 spiro atoms. The van der Waals surface area contributed by atoms with E-state index in [4.69, 9.17) is 4.74 Å². The van der Waals surface area contributed by atoms with Gasteiger partial charge >= 0.3 is 0 Å². The minimum Gasteiger partial charge on any atom is -0.380 e. The summed E-state index contributed by atoms with van der Waals surface area (Å²) in [4.78, 5) is 0. The second kappa shape index (κ2) is 8.71. The van der Waals surface area contributed by atoms with E-state index in [9.17, 15) is 0 Å². The zero-order chi connectivity index (χ0) is 12.5. The Morgan fingerprint density at radius 1 is 1.29 bits per heavy atom. The average molecular weight is 239 g/mol. The summed E-state index contributed by atoms with van der Waals surface area (Å²) in [6.07, 6.45) is 11.9. The lowest BCUT2D eigenvalue weighted by molar-refractivity contribution is 0.0925. The third-order valence-corrected chi connectivity index (χ3v) is 3.68. The number of ether oxygens (including phenoxy) is 1. The van der Waals surface area contributed by atoms with Crippen molar-refractivity contribution in [3.8, 4) is 0 Å². The molecule has 0 bridgehead atoms. The monoisotopic (exact) mass is 239 g/mol. The molecule has 0 amide bonds. The molecule has 2 atom stereocenters. The van der Waals surface area contributed by atoms with Crippen molar-refractivity contribution in [2.24, 2.45) is 0 Å². The van der Waals surface area contributed by atoms with Crippen molar-refractivity contribution >= 4 is 0 Å². The number of hydrogen-bond acceptors (Lipinski definition) is 2. The normalized spacial score (nSPS) is 21.2. The molecule has 1 aliphatic carbocycles. The molecule has 1 N–H and O–H groups in total. The zero-order valence-corrected chi connectivity index (χ0v) is 11.8. The van der Waals surface area contributed by atoms with E-state index in [1.165, 1.54) is 44.9 Å². The number of rotatable bonds is 6. The van der Waals surface area contributed by atoms with Crippen molar-refractivity contribution in [1.29, 1.82) is 0 Å². The lowest BCUT2D eigenvalue weighted by Gasteiger charge is -2.28. The second-order valence-corrected chi connectivity index (χ2v) is 5.10. The number of nitrogens with one attached hydrogen (secondary N) is 1. The van der Waals surface area contributed by atoms with Gasteiger partial charge in [0.15, 0.2) is 0 Å². The molecular formula is C15H29NO. The molecule has 0 aromatic rings. The Hall–Kier alpha value is -0.340. The van der Waals surface area contributed by atoms with E-state index in [1.807, 2.05) is 7.11 Å². The van der Waals surface area contributed by atoms with E-state index >= 15 is 0 Å². The van der Waals surface area contributed by atoms with Crippen molar-refractivity contribution in [2.75, 3.05) is 13.7 Å². The Balaban J connectivity index is 2.64. The molecule has 0 aromatic carbocycles. The third kappa shape index (κ3) is 5.22. The first-order valence-electron chi connectivity index (χ1n) is 7.24. The van der Waals surface area contributed by atoms with E-state index in [1.54, 1.807) is 5.57 Å². The van der Waals surface area contributed by atoms with Gasteiger partial charge in [0, 0.05) is 7.11 Å². The molecule has 2 nitrogen and oxygen atoms in total. The molecule has 17 heavy (non-hydrogen) atoms. The summed E-state index contributed by atoms with van der Waals surface area (Å²) in [6, 6.07) is 0.415. The summed E-state index contributed by atoms with van der Waals surface area (Å²) in [5, 5.41) is 3.64. The van der Waals surface area contributed by atoms with Crippen LogP contribution in [0.25, 0.3) is 0 Å². The van der Waals surface area contributed by atoms with Gasteiger partial charge in [0.05, 0.1) is 12.1 Å². The minimum absolute atomic E-state index is 0.271. The summed E-state index contributed by atoms with van der Waals surface area (Å²) in [7, 11) is 1.81. The largest absolute Gasteiger partial charge is 0.380 e. The van der Waals surface area contributed by atoms with Crippen molar-refractivity contribution in [2.45, 2.75) is 70.9 Å². The Labute approximate surface area is 107 Å². The van der Waals surface area contributed by atoms with Gasteiger partial charge < -0.3 is 10.1 Å². The summed E-state index contributed by atoms with van der Waals surface area (Å²) in [5.74, 6) is 0. The summed E-state index contributed by atoms with van der Waals surface area (Å²) >= 11 is 0. The molecule has 0 radical (unpaired) electrons. The van der Waals surface area contributed by atoms with Crippen LogP contribution in [-0.2, 0) is 4.74 Å². The van der Waals surface area contributed by atoms with Crippen LogP contribution in [0, 0.1) is 0 Å².